The molecule has 1 aromatic heterocycles. The van der Waals surface area contributed by atoms with Gasteiger partial charge in [-0.2, -0.15) is 0 Å². The van der Waals surface area contributed by atoms with Crippen LogP contribution in [0.25, 0.3) is 11.3 Å². The van der Waals surface area contributed by atoms with E-state index in [0.717, 1.165) is 0 Å². The Morgan fingerprint density at radius 1 is 1.36 bits per heavy atom. The minimum absolute atomic E-state index is 0.0106. The van der Waals surface area contributed by atoms with E-state index in [4.69, 9.17) is 10.5 Å². The molecule has 2 aromatic rings. The van der Waals surface area contributed by atoms with Crippen LogP contribution in [-0.2, 0) is 5.60 Å². The SMILES string of the molecule is CC.Cc1cc(-c2nc(C(O)CN)cc3c2OCC3(C)O)ccc1F. The molecule has 0 aliphatic carbocycles. The van der Waals surface area contributed by atoms with Gasteiger partial charge >= 0.3 is 0 Å². The first-order valence-electron chi connectivity index (χ1n) is 8.38. The zero-order chi connectivity index (χ0) is 18.8. The molecule has 0 fully saturated rings. The number of nitrogens with zero attached hydrogens (tertiary/aromatic N) is 1. The summed E-state index contributed by atoms with van der Waals surface area (Å²) in [4.78, 5) is 4.43. The van der Waals surface area contributed by atoms with E-state index in [1.54, 1.807) is 32.0 Å². The van der Waals surface area contributed by atoms with Gasteiger partial charge in [-0.1, -0.05) is 13.8 Å². The fourth-order valence-electron chi connectivity index (χ4n) is 2.67. The Morgan fingerprint density at radius 2 is 2.04 bits per heavy atom. The second-order valence-electron chi connectivity index (χ2n) is 6.05. The minimum Gasteiger partial charge on any atom is -0.488 e. The average molecular weight is 348 g/mol. The maximum absolute atomic E-state index is 13.5. The summed E-state index contributed by atoms with van der Waals surface area (Å²) >= 11 is 0. The van der Waals surface area contributed by atoms with Crippen molar-refractivity contribution in [2.45, 2.75) is 39.4 Å². The number of hydrogen-bond acceptors (Lipinski definition) is 5. The average Bonchev–Trinajstić information content (AvgIpc) is 2.93. The highest BCUT2D eigenvalue weighted by Gasteiger charge is 2.37. The van der Waals surface area contributed by atoms with Gasteiger partial charge < -0.3 is 20.7 Å². The second kappa shape index (κ2) is 7.47. The molecule has 1 aliphatic rings. The molecular weight excluding hydrogens is 323 g/mol. The predicted molar refractivity (Wildman–Crippen MR) is 94.8 cm³/mol. The lowest BCUT2D eigenvalue weighted by Crippen LogP contribution is -2.23. The third kappa shape index (κ3) is 3.66. The van der Waals surface area contributed by atoms with Crippen LogP contribution in [0.4, 0.5) is 4.39 Å². The molecule has 2 heterocycles. The summed E-state index contributed by atoms with van der Waals surface area (Å²) in [5.41, 5.74) is 6.84. The van der Waals surface area contributed by atoms with Gasteiger partial charge in [-0.3, -0.25) is 0 Å². The Bertz CT molecular complexity index is 763. The lowest BCUT2D eigenvalue weighted by atomic mass is 9.95. The summed E-state index contributed by atoms with van der Waals surface area (Å²) in [5.74, 6) is 0.144. The largest absolute Gasteiger partial charge is 0.488 e. The molecule has 1 aromatic carbocycles. The second-order valence-corrected chi connectivity index (χ2v) is 6.05. The number of aromatic nitrogens is 1. The molecule has 5 nitrogen and oxygen atoms in total. The summed E-state index contributed by atoms with van der Waals surface area (Å²) in [6.45, 7) is 7.40. The molecule has 2 atom stereocenters. The summed E-state index contributed by atoms with van der Waals surface area (Å²) < 4.78 is 19.1. The van der Waals surface area contributed by atoms with E-state index in [9.17, 15) is 14.6 Å². The number of ether oxygens (including phenoxy) is 1. The Hall–Kier alpha value is -2.02. The molecule has 2 unspecified atom stereocenters. The van der Waals surface area contributed by atoms with E-state index < -0.39 is 11.7 Å². The summed E-state index contributed by atoms with van der Waals surface area (Å²) in [7, 11) is 0. The van der Waals surface area contributed by atoms with Crippen LogP contribution in [0.5, 0.6) is 5.75 Å². The van der Waals surface area contributed by atoms with Gasteiger partial charge in [0.1, 0.15) is 29.8 Å². The van der Waals surface area contributed by atoms with Crippen LogP contribution in [0.3, 0.4) is 0 Å². The maximum atomic E-state index is 13.5. The molecule has 0 spiro atoms. The lowest BCUT2D eigenvalue weighted by molar-refractivity contribution is 0.0349. The number of pyridine rings is 1. The van der Waals surface area contributed by atoms with Gasteiger partial charge in [0.05, 0.1) is 5.69 Å². The Balaban J connectivity index is 0.00000109. The molecule has 0 radical (unpaired) electrons. The molecule has 25 heavy (non-hydrogen) atoms. The number of aryl methyl sites for hydroxylation is 1. The third-order valence-corrected chi connectivity index (χ3v) is 4.07. The van der Waals surface area contributed by atoms with E-state index in [2.05, 4.69) is 4.98 Å². The van der Waals surface area contributed by atoms with Gasteiger partial charge in [-0.15, -0.1) is 0 Å². The van der Waals surface area contributed by atoms with Crippen LogP contribution in [0.15, 0.2) is 24.3 Å². The Morgan fingerprint density at radius 3 is 2.64 bits per heavy atom. The van der Waals surface area contributed by atoms with Crippen molar-refractivity contribution in [1.29, 1.82) is 0 Å². The maximum Gasteiger partial charge on any atom is 0.151 e. The summed E-state index contributed by atoms with van der Waals surface area (Å²) in [5, 5.41) is 20.5. The fraction of sp³-hybridized carbons (Fsp3) is 0.421. The number of nitrogens with two attached hydrogens (primary N) is 1. The van der Waals surface area contributed by atoms with Gasteiger partial charge in [-0.05, 0) is 43.7 Å². The third-order valence-electron chi connectivity index (χ3n) is 4.07. The molecule has 0 saturated heterocycles. The Kier molecular flexibility index (Phi) is 5.77. The van der Waals surface area contributed by atoms with Gasteiger partial charge in [-0.25, -0.2) is 9.37 Å². The molecule has 136 valence electrons. The summed E-state index contributed by atoms with van der Waals surface area (Å²) in [6, 6.07) is 6.23. The van der Waals surface area contributed by atoms with E-state index in [1.807, 2.05) is 13.8 Å². The van der Waals surface area contributed by atoms with Crippen LogP contribution in [-0.4, -0.2) is 28.3 Å². The van der Waals surface area contributed by atoms with E-state index in [0.29, 0.717) is 33.8 Å². The Labute approximate surface area is 147 Å². The molecule has 6 heteroatoms. The standard InChI is InChI=1S/C17H19FN2O3.C2H6/c1-9-5-10(3-4-12(9)18)15-16-11(17(2,22)8-23-16)6-13(20-15)14(21)7-19;1-2/h3-6,14,21-22H,7-8,19H2,1-2H3;1-2H3. The van der Waals surface area contributed by atoms with E-state index in [-0.39, 0.29) is 19.0 Å². The smallest absolute Gasteiger partial charge is 0.151 e. The van der Waals surface area contributed by atoms with Crippen molar-refractivity contribution in [3.8, 4) is 17.0 Å². The highest BCUT2D eigenvalue weighted by Crippen LogP contribution is 2.43. The highest BCUT2D eigenvalue weighted by atomic mass is 19.1. The predicted octanol–water partition coefficient (Wildman–Crippen LogP) is 2.81. The van der Waals surface area contributed by atoms with Crippen molar-refractivity contribution >= 4 is 0 Å². The van der Waals surface area contributed by atoms with Crippen molar-refractivity contribution in [2.24, 2.45) is 5.73 Å². The van der Waals surface area contributed by atoms with Crippen LogP contribution in [0.2, 0.25) is 0 Å². The quantitative estimate of drug-likeness (QED) is 0.794. The number of halogens is 1. The van der Waals surface area contributed by atoms with Crippen molar-refractivity contribution < 1.29 is 19.3 Å². The first kappa shape index (κ1) is 19.3. The normalized spacial score (nSPS) is 19.5. The van der Waals surface area contributed by atoms with Crippen molar-refractivity contribution in [1.82, 2.24) is 4.98 Å². The molecule has 3 rings (SSSR count). The number of rotatable bonds is 3. The van der Waals surface area contributed by atoms with Crippen LogP contribution in [0.1, 0.15) is 43.7 Å². The molecule has 1 aliphatic heterocycles. The summed E-state index contributed by atoms with van der Waals surface area (Å²) in [6.07, 6.45) is -0.947. The zero-order valence-electron chi connectivity index (χ0n) is 15.0. The molecule has 0 amide bonds. The van der Waals surface area contributed by atoms with Crippen LogP contribution < -0.4 is 10.5 Å². The molecule has 4 N–H and O–H groups in total. The zero-order valence-corrected chi connectivity index (χ0v) is 15.0. The fourth-order valence-corrected chi connectivity index (χ4v) is 2.67. The van der Waals surface area contributed by atoms with Gasteiger partial charge in [0.15, 0.2) is 5.75 Å². The first-order valence-corrected chi connectivity index (χ1v) is 8.38. The van der Waals surface area contributed by atoms with Crippen molar-refractivity contribution in [3.63, 3.8) is 0 Å². The monoisotopic (exact) mass is 348 g/mol. The number of hydrogen-bond donors (Lipinski definition) is 3. The lowest BCUT2D eigenvalue weighted by Gasteiger charge is -2.17. The highest BCUT2D eigenvalue weighted by molar-refractivity contribution is 5.71. The van der Waals surface area contributed by atoms with Crippen molar-refractivity contribution in [2.75, 3.05) is 13.2 Å². The number of aliphatic hydroxyl groups is 2. The van der Waals surface area contributed by atoms with Crippen molar-refractivity contribution in [3.05, 3.63) is 46.9 Å². The topological polar surface area (TPSA) is 88.6 Å². The van der Waals surface area contributed by atoms with E-state index in [1.165, 1.54) is 6.07 Å². The van der Waals surface area contributed by atoms with Gasteiger partial charge in [0.2, 0.25) is 0 Å². The molecule has 0 saturated carbocycles. The van der Waals surface area contributed by atoms with Gasteiger partial charge in [0, 0.05) is 17.7 Å². The van der Waals surface area contributed by atoms with Crippen LogP contribution >= 0.6 is 0 Å². The number of fused-ring (bicyclic) bond motifs is 1. The number of benzene rings is 1. The first-order chi connectivity index (χ1) is 11.8. The molecule has 0 bridgehead atoms. The van der Waals surface area contributed by atoms with Gasteiger partial charge in [0.25, 0.3) is 0 Å². The molecular formula is C19H25FN2O3. The minimum atomic E-state index is -1.18. The van der Waals surface area contributed by atoms with Crippen LogP contribution in [0, 0.1) is 12.7 Å². The number of aliphatic hydroxyl groups excluding tert-OH is 1. The van der Waals surface area contributed by atoms with E-state index >= 15 is 0 Å².